The monoisotopic (exact) mass is 362 g/mol. The summed E-state index contributed by atoms with van der Waals surface area (Å²) in [6, 6.07) is 0. The average Bonchev–Trinajstić information content (AvgIpc) is 2.88. The molecule has 0 radical (unpaired) electrons. The zero-order chi connectivity index (χ0) is 18.9. The number of aliphatic hydroxyl groups is 1. The van der Waals surface area contributed by atoms with Gasteiger partial charge in [0, 0.05) is 12.3 Å². The topological polar surface area (TPSA) is 46.5 Å². The summed E-state index contributed by atoms with van der Waals surface area (Å²) in [5.41, 5.74) is 0.584. The number of rotatable bonds is 1. The van der Waals surface area contributed by atoms with Crippen molar-refractivity contribution in [1.82, 2.24) is 0 Å². The first-order valence-corrected chi connectivity index (χ1v) is 11.0. The van der Waals surface area contributed by atoms with Gasteiger partial charge in [-0.2, -0.15) is 0 Å². The van der Waals surface area contributed by atoms with Crippen molar-refractivity contribution in [3.05, 3.63) is 0 Å². The summed E-state index contributed by atoms with van der Waals surface area (Å²) >= 11 is 0. The third-order valence-electron chi connectivity index (χ3n) is 9.80. The first-order chi connectivity index (χ1) is 12.1. The van der Waals surface area contributed by atoms with Gasteiger partial charge in [-0.3, -0.25) is 4.79 Å². The highest BCUT2D eigenvalue weighted by molar-refractivity contribution is 5.66. The van der Waals surface area contributed by atoms with Gasteiger partial charge in [-0.05, 0) is 85.9 Å². The first kappa shape index (κ1) is 18.8. The van der Waals surface area contributed by atoms with Gasteiger partial charge in [-0.1, -0.05) is 27.7 Å². The molecule has 26 heavy (non-hydrogen) atoms. The lowest BCUT2D eigenvalue weighted by atomic mass is 9.41. The molecule has 4 aliphatic carbocycles. The zero-order valence-corrected chi connectivity index (χ0v) is 17.4. The number of hydrogen-bond donors (Lipinski definition) is 1. The second-order valence-electron chi connectivity index (χ2n) is 11.1. The molecule has 0 bridgehead atoms. The second-order valence-corrected chi connectivity index (χ2v) is 11.1. The van der Waals surface area contributed by atoms with Gasteiger partial charge in [0.1, 0.15) is 6.10 Å². The fourth-order valence-corrected chi connectivity index (χ4v) is 8.44. The molecule has 4 rings (SSSR count). The lowest BCUT2D eigenvalue weighted by molar-refractivity contribution is -0.185. The maximum absolute atomic E-state index is 11.6. The Morgan fingerprint density at radius 1 is 0.885 bits per heavy atom. The Kier molecular flexibility index (Phi) is 4.31. The minimum absolute atomic E-state index is 0.0364. The Balaban J connectivity index is 1.61. The van der Waals surface area contributed by atoms with E-state index < -0.39 is 0 Å². The van der Waals surface area contributed by atoms with Crippen molar-refractivity contribution < 1.29 is 14.6 Å². The van der Waals surface area contributed by atoms with Gasteiger partial charge < -0.3 is 9.84 Å². The van der Waals surface area contributed by atoms with E-state index in [0.717, 1.165) is 24.7 Å². The van der Waals surface area contributed by atoms with E-state index in [4.69, 9.17) is 4.74 Å². The summed E-state index contributed by atoms with van der Waals surface area (Å²) in [7, 11) is 0. The maximum Gasteiger partial charge on any atom is 0.302 e. The van der Waals surface area contributed by atoms with E-state index in [1.54, 1.807) is 6.92 Å². The normalized spacial score (nSPS) is 52.5. The van der Waals surface area contributed by atoms with Crippen LogP contribution in [-0.2, 0) is 9.53 Å². The lowest BCUT2D eigenvalue weighted by Gasteiger charge is -2.64. The third kappa shape index (κ3) is 2.45. The third-order valence-corrected chi connectivity index (χ3v) is 9.80. The minimum atomic E-state index is -0.147. The van der Waals surface area contributed by atoms with Crippen LogP contribution in [0.5, 0.6) is 0 Å². The van der Waals surface area contributed by atoms with Crippen molar-refractivity contribution in [2.45, 2.75) is 98.2 Å². The van der Waals surface area contributed by atoms with Crippen LogP contribution in [0.1, 0.15) is 86.0 Å². The number of ether oxygens (including phenoxy) is 1. The van der Waals surface area contributed by atoms with E-state index in [-0.39, 0.29) is 29.0 Å². The predicted octanol–water partition coefficient (Wildman–Crippen LogP) is 4.96. The standard InChI is InChI=1S/C23H38O3/c1-14(24)26-20-9-7-16-15-6-8-18-21(2,3)19(25)11-13-22(18,4)17(15)10-12-23(16,20)5/h15-20,25H,6-13H2,1-5H3. The molecular formula is C23H38O3. The molecule has 0 aromatic rings. The summed E-state index contributed by atoms with van der Waals surface area (Å²) in [6.07, 6.45) is 9.42. The van der Waals surface area contributed by atoms with Crippen LogP contribution in [-0.4, -0.2) is 23.3 Å². The molecule has 1 N–H and O–H groups in total. The van der Waals surface area contributed by atoms with E-state index >= 15 is 0 Å². The van der Waals surface area contributed by atoms with E-state index in [1.165, 1.54) is 38.5 Å². The van der Waals surface area contributed by atoms with Crippen LogP contribution in [0.25, 0.3) is 0 Å². The molecule has 0 heterocycles. The highest BCUT2D eigenvalue weighted by Gasteiger charge is 2.63. The van der Waals surface area contributed by atoms with Gasteiger partial charge in [-0.15, -0.1) is 0 Å². The summed E-state index contributed by atoms with van der Waals surface area (Å²) < 4.78 is 5.77. The molecule has 4 fully saturated rings. The van der Waals surface area contributed by atoms with Crippen LogP contribution in [0.2, 0.25) is 0 Å². The minimum Gasteiger partial charge on any atom is -0.462 e. The summed E-state index contributed by atoms with van der Waals surface area (Å²) in [4.78, 5) is 11.6. The van der Waals surface area contributed by atoms with Crippen molar-refractivity contribution in [3.8, 4) is 0 Å². The first-order valence-electron chi connectivity index (χ1n) is 11.0. The number of carbonyl (C=O) groups is 1. The van der Waals surface area contributed by atoms with Crippen molar-refractivity contribution in [3.63, 3.8) is 0 Å². The molecule has 3 heteroatoms. The van der Waals surface area contributed by atoms with Crippen molar-refractivity contribution in [2.75, 3.05) is 0 Å². The molecule has 0 aliphatic heterocycles. The molecule has 4 aliphatic rings. The Bertz CT molecular complexity index is 584. The van der Waals surface area contributed by atoms with Gasteiger partial charge in [0.15, 0.2) is 0 Å². The molecule has 0 aromatic carbocycles. The molecule has 8 unspecified atom stereocenters. The smallest absolute Gasteiger partial charge is 0.302 e. The second kappa shape index (κ2) is 5.96. The van der Waals surface area contributed by atoms with Crippen LogP contribution >= 0.6 is 0 Å². The SMILES string of the molecule is CC(=O)OC1CCC2C3CCC4C(C)(C)C(O)CCC4(C)C3CCC12C. The molecule has 3 nitrogen and oxygen atoms in total. The van der Waals surface area contributed by atoms with Crippen molar-refractivity contribution in [1.29, 1.82) is 0 Å². The van der Waals surface area contributed by atoms with E-state index in [1.807, 2.05) is 0 Å². The Hall–Kier alpha value is -0.570. The fraction of sp³-hybridized carbons (Fsp3) is 0.957. The van der Waals surface area contributed by atoms with Crippen LogP contribution in [0.4, 0.5) is 0 Å². The van der Waals surface area contributed by atoms with E-state index in [9.17, 15) is 9.90 Å². The van der Waals surface area contributed by atoms with Crippen LogP contribution in [0, 0.1) is 39.9 Å². The largest absolute Gasteiger partial charge is 0.462 e. The Labute approximate surface area is 159 Å². The quantitative estimate of drug-likeness (QED) is 0.671. The number of fused-ring (bicyclic) bond motifs is 5. The Morgan fingerprint density at radius 2 is 1.54 bits per heavy atom. The Morgan fingerprint density at radius 3 is 2.23 bits per heavy atom. The van der Waals surface area contributed by atoms with Gasteiger partial charge >= 0.3 is 5.97 Å². The fourth-order valence-electron chi connectivity index (χ4n) is 8.44. The lowest BCUT2D eigenvalue weighted by Crippen LogP contribution is -2.59. The molecule has 0 saturated heterocycles. The summed E-state index contributed by atoms with van der Waals surface area (Å²) in [6.45, 7) is 11.1. The zero-order valence-electron chi connectivity index (χ0n) is 17.4. The van der Waals surface area contributed by atoms with Crippen molar-refractivity contribution in [2.24, 2.45) is 39.9 Å². The average molecular weight is 363 g/mol. The molecule has 8 atom stereocenters. The van der Waals surface area contributed by atoms with Crippen LogP contribution in [0.15, 0.2) is 0 Å². The molecule has 148 valence electrons. The van der Waals surface area contributed by atoms with E-state index in [2.05, 4.69) is 27.7 Å². The summed E-state index contributed by atoms with van der Waals surface area (Å²) in [5, 5.41) is 10.6. The van der Waals surface area contributed by atoms with Gasteiger partial charge in [0.25, 0.3) is 0 Å². The number of hydrogen-bond acceptors (Lipinski definition) is 3. The molecular weight excluding hydrogens is 324 g/mol. The molecule has 0 amide bonds. The number of aliphatic hydroxyl groups excluding tert-OH is 1. The number of carbonyl (C=O) groups excluding carboxylic acids is 1. The molecule has 0 spiro atoms. The van der Waals surface area contributed by atoms with Crippen molar-refractivity contribution >= 4 is 5.97 Å². The highest BCUT2D eigenvalue weighted by atomic mass is 16.5. The predicted molar refractivity (Wildman–Crippen MR) is 102 cm³/mol. The van der Waals surface area contributed by atoms with Gasteiger partial charge in [0.05, 0.1) is 6.10 Å². The van der Waals surface area contributed by atoms with Crippen LogP contribution in [0.3, 0.4) is 0 Å². The number of esters is 1. The maximum atomic E-state index is 11.6. The van der Waals surface area contributed by atoms with Gasteiger partial charge in [0.2, 0.25) is 0 Å². The van der Waals surface area contributed by atoms with Crippen LogP contribution < -0.4 is 0 Å². The van der Waals surface area contributed by atoms with Gasteiger partial charge in [-0.25, -0.2) is 0 Å². The molecule has 0 aromatic heterocycles. The highest BCUT2D eigenvalue weighted by Crippen LogP contribution is 2.68. The van der Waals surface area contributed by atoms with E-state index in [0.29, 0.717) is 17.3 Å². The molecule has 4 saturated carbocycles. The summed E-state index contributed by atoms with van der Waals surface area (Å²) in [5.74, 6) is 2.79.